The molecule has 2 fully saturated rings. The number of carbonyl (C=O) groups excluding carboxylic acids is 3. The minimum Gasteiger partial charge on any atom is -0.480 e. The van der Waals surface area contributed by atoms with E-state index in [1.54, 1.807) is 0 Å². The van der Waals surface area contributed by atoms with Crippen LogP contribution in [0.4, 0.5) is 17.1 Å². The number of hydrogen-bond donors (Lipinski definition) is 2. The predicted molar refractivity (Wildman–Crippen MR) is 111 cm³/mol. The molecule has 3 rings (SSSR count). The fourth-order valence-corrected chi connectivity index (χ4v) is 5.80. The summed E-state index contributed by atoms with van der Waals surface area (Å²) in [5.74, 6) is -4.98. The quantitative estimate of drug-likeness (QED) is 0.228. The van der Waals surface area contributed by atoms with Crippen LogP contribution in [0.15, 0.2) is 12.1 Å². The van der Waals surface area contributed by atoms with Crippen LogP contribution in [0.25, 0.3) is 0 Å². The number of nitro groups is 3. The normalized spacial score (nSPS) is 24.6. The van der Waals surface area contributed by atoms with E-state index in [2.05, 4.69) is 0 Å². The van der Waals surface area contributed by atoms with E-state index >= 15 is 0 Å². The Kier molecular flexibility index (Phi) is 5.56. The summed E-state index contributed by atoms with van der Waals surface area (Å²) in [5.41, 5.74) is -7.16. The molecular weight excluding hydrogens is 482 g/mol. The highest BCUT2D eigenvalue weighted by Gasteiger charge is 2.74. The van der Waals surface area contributed by atoms with Gasteiger partial charge in [-0.15, -0.1) is 11.8 Å². The molecule has 17 heteroatoms. The van der Waals surface area contributed by atoms with Crippen LogP contribution < -0.4 is 5.32 Å². The van der Waals surface area contributed by atoms with Gasteiger partial charge in [0.2, 0.25) is 5.54 Å². The number of nitrogens with zero attached hydrogens (tertiary/aromatic N) is 4. The molecule has 0 aliphatic carbocycles. The second-order valence-corrected chi connectivity index (χ2v) is 9.71. The molecule has 1 aromatic rings. The summed E-state index contributed by atoms with van der Waals surface area (Å²) >= 11 is 0.889. The molecule has 0 saturated carbocycles. The zero-order valence-corrected chi connectivity index (χ0v) is 18.4. The Morgan fingerprint density at radius 2 is 1.56 bits per heavy atom. The standard InChI is InChI=1S/C17H15N5O11S/c1-6(23)17(14(27)19-11(13(25)26)16(2,3)34-15(17)19)18-12(24)10-8(21(30)31)4-7(20(28)29)5-9(10)22(32)33/h4-5,11,15H,1-3H3,(H,18,24)(H,25,26)/t11-,15+,17?/m0/s1. The number of rotatable bonds is 7. The Hall–Kier alpha value is -4.15. The highest BCUT2D eigenvalue weighted by Crippen LogP contribution is 2.55. The Labute approximate surface area is 192 Å². The summed E-state index contributed by atoms with van der Waals surface area (Å²) in [6, 6.07) is -0.682. The molecule has 0 aromatic heterocycles. The number of aliphatic carboxylic acids is 1. The van der Waals surface area contributed by atoms with Crippen LogP contribution in [0, 0.1) is 30.3 Å². The number of fused-ring (bicyclic) bond motifs is 1. The number of hydrogen-bond acceptors (Lipinski definition) is 11. The van der Waals surface area contributed by atoms with Crippen LogP contribution in [-0.2, 0) is 14.4 Å². The zero-order chi connectivity index (χ0) is 25.9. The topological polar surface area (TPSA) is 233 Å². The molecule has 1 aromatic carbocycles. The van der Waals surface area contributed by atoms with Crippen molar-refractivity contribution in [3.05, 3.63) is 48.0 Å². The van der Waals surface area contributed by atoms with Gasteiger partial charge < -0.3 is 15.3 Å². The summed E-state index contributed by atoms with van der Waals surface area (Å²) in [6.07, 6.45) is 0. The van der Waals surface area contributed by atoms with Crippen LogP contribution in [0.1, 0.15) is 31.1 Å². The van der Waals surface area contributed by atoms with Crippen LogP contribution in [0.5, 0.6) is 0 Å². The molecule has 0 radical (unpaired) electrons. The van der Waals surface area contributed by atoms with Crippen molar-refractivity contribution in [2.45, 2.75) is 42.5 Å². The molecule has 2 heterocycles. The lowest BCUT2D eigenvalue weighted by atomic mass is 9.81. The van der Waals surface area contributed by atoms with Crippen molar-refractivity contribution >= 4 is 52.4 Å². The minimum atomic E-state index is -2.35. The molecule has 1 unspecified atom stereocenters. The number of carboxylic acid groups (broad SMARTS) is 1. The number of amides is 2. The summed E-state index contributed by atoms with van der Waals surface area (Å²) in [7, 11) is 0. The lowest BCUT2D eigenvalue weighted by Crippen LogP contribution is -2.82. The van der Waals surface area contributed by atoms with Gasteiger partial charge in [0.15, 0.2) is 11.3 Å². The number of non-ortho nitro benzene ring substituents is 1. The fourth-order valence-electron chi connectivity index (χ4n) is 4.05. The average Bonchev–Trinajstić information content (AvgIpc) is 2.98. The molecule has 180 valence electrons. The molecule has 2 aliphatic rings. The summed E-state index contributed by atoms with van der Waals surface area (Å²) < 4.78 is -1.10. The van der Waals surface area contributed by atoms with E-state index in [4.69, 9.17) is 0 Å². The number of Topliss-reactive ketones (excluding diaryl/α,β-unsaturated/α-hetero) is 1. The van der Waals surface area contributed by atoms with Gasteiger partial charge in [0.25, 0.3) is 28.9 Å². The second kappa shape index (κ2) is 7.72. The lowest BCUT2D eigenvalue weighted by molar-refractivity contribution is -0.403. The van der Waals surface area contributed by atoms with Gasteiger partial charge in [-0.3, -0.25) is 44.7 Å². The maximum absolute atomic E-state index is 13.1. The first kappa shape index (κ1) is 24.5. The number of β-lactam (4-membered cyclic amide) rings is 1. The van der Waals surface area contributed by atoms with E-state index in [9.17, 15) is 54.6 Å². The van der Waals surface area contributed by atoms with E-state index in [1.165, 1.54) is 13.8 Å². The number of nitrogens with one attached hydrogen (secondary N) is 1. The summed E-state index contributed by atoms with van der Waals surface area (Å²) in [5, 5.41) is 44.3. The first-order chi connectivity index (χ1) is 15.6. The van der Waals surface area contributed by atoms with E-state index in [1.807, 2.05) is 5.32 Å². The van der Waals surface area contributed by atoms with E-state index in [0.29, 0.717) is 12.1 Å². The van der Waals surface area contributed by atoms with Crippen molar-refractivity contribution in [2.24, 2.45) is 0 Å². The third kappa shape index (κ3) is 3.31. The van der Waals surface area contributed by atoms with Gasteiger partial charge in [-0.05, 0) is 20.8 Å². The molecule has 2 amide bonds. The number of carboxylic acids is 1. The second-order valence-electron chi connectivity index (χ2n) is 7.98. The summed E-state index contributed by atoms with van der Waals surface area (Å²) in [6.45, 7) is 3.93. The van der Waals surface area contributed by atoms with Gasteiger partial charge in [-0.2, -0.15) is 0 Å². The predicted octanol–water partition coefficient (Wildman–Crippen LogP) is 0.616. The van der Waals surface area contributed by atoms with E-state index in [0.717, 1.165) is 23.6 Å². The molecule has 2 saturated heterocycles. The van der Waals surface area contributed by atoms with Crippen molar-refractivity contribution < 1.29 is 39.1 Å². The minimum absolute atomic E-state index is 0.338. The highest BCUT2D eigenvalue weighted by molar-refractivity contribution is 8.01. The molecule has 2 aliphatic heterocycles. The van der Waals surface area contributed by atoms with Crippen LogP contribution in [0.2, 0.25) is 0 Å². The van der Waals surface area contributed by atoms with Crippen LogP contribution in [0.3, 0.4) is 0 Å². The Morgan fingerprint density at radius 1 is 1.06 bits per heavy atom. The van der Waals surface area contributed by atoms with Gasteiger partial charge in [-0.25, -0.2) is 4.79 Å². The molecule has 34 heavy (non-hydrogen) atoms. The van der Waals surface area contributed by atoms with Gasteiger partial charge in [0.1, 0.15) is 11.4 Å². The van der Waals surface area contributed by atoms with Crippen LogP contribution in [-0.4, -0.2) is 70.0 Å². The van der Waals surface area contributed by atoms with Gasteiger partial charge in [-0.1, -0.05) is 0 Å². The molecule has 0 bridgehead atoms. The smallest absolute Gasteiger partial charge is 0.327 e. The van der Waals surface area contributed by atoms with Gasteiger partial charge in [0, 0.05) is 4.75 Å². The average molecular weight is 497 g/mol. The van der Waals surface area contributed by atoms with Crippen LogP contribution >= 0.6 is 11.8 Å². The van der Waals surface area contributed by atoms with Crippen molar-refractivity contribution in [2.75, 3.05) is 0 Å². The number of benzene rings is 1. The molecular formula is C17H15N5O11S. The van der Waals surface area contributed by atoms with E-state index < -0.39 is 82.7 Å². The first-order valence-corrected chi connectivity index (χ1v) is 10.1. The third-order valence-corrected chi connectivity index (χ3v) is 7.19. The lowest BCUT2D eigenvalue weighted by Gasteiger charge is -2.51. The monoisotopic (exact) mass is 497 g/mol. The van der Waals surface area contributed by atoms with Crippen molar-refractivity contribution in [1.29, 1.82) is 0 Å². The Morgan fingerprint density at radius 3 is 1.94 bits per heavy atom. The molecule has 2 N–H and O–H groups in total. The molecule has 16 nitrogen and oxygen atoms in total. The number of ketones is 1. The maximum atomic E-state index is 13.1. The third-order valence-electron chi connectivity index (χ3n) is 5.56. The summed E-state index contributed by atoms with van der Waals surface area (Å²) in [4.78, 5) is 81.6. The Balaban J connectivity index is 2.14. The molecule has 3 atom stereocenters. The van der Waals surface area contributed by atoms with Crippen molar-refractivity contribution in [3.8, 4) is 0 Å². The largest absolute Gasteiger partial charge is 0.480 e. The SMILES string of the molecule is CC(=O)C1(NC(=O)c2c([N+](=O)[O-])cc([N+](=O)[O-])cc2[N+](=O)[O-])C(=O)N2[C@@H](C(=O)O)C(C)(C)S[C@@H]21. The fraction of sp³-hybridized carbons (Fsp3) is 0.412. The highest BCUT2D eigenvalue weighted by atomic mass is 32.2. The number of carbonyl (C=O) groups is 4. The van der Waals surface area contributed by atoms with Crippen molar-refractivity contribution in [3.63, 3.8) is 0 Å². The van der Waals surface area contributed by atoms with Gasteiger partial charge >= 0.3 is 5.97 Å². The zero-order valence-electron chi connectivity index (χ0n) is 17.5. The maximum Gasteiger partial charge on any atom is 0.327 e. The number of thioether (sulfide) groups is 1. The Bertz CT molecular complexity index is 1180. The van der Waals surface area contributed by atoms with E-state index in [-0.39, 0.29) is 0 Å². The first-order valence-electron chi connectivity index (χ1n) is 9.26. The molecule has 0 spiro atoms. The van der Waals surface area contributed by atoms with Crippen molar-refractivity contribution in [1.82, 2.24) is 10.2 Å². The van der Waals surface area contributed by atoms with Gasteiger partial charge in [0.05, 0.1) is 26.9 Å². The number of nitro benzene ring substituents is 3.